The zero-order chi connectivity index (χ0) is 12.7. The highest BCUT2D eigenvalue weighted by molar-refractivity contribution is 7.99. The average molecular weight is 252 g/mol. The lowest BCUT2D eigenvalue weighted by molar-refractivity contribution is 0.100. The van der Waals surface area contributed by atoms with Gasteiger partial charge >= 0.3 is 0 Å². The second-order valence-electron chi connectivity index (χ2n) is 4.00. The predicted molar refractivity (Wildman–Crippen MR) is 74.3 cm³/mol. The lowest BCUT2D eigenvalue weighted by atomic mass is 10.1. The number of benzene rings is 1. The van der Waals surface area contributed by atoms with Crippen molar-refractivity contribution in [3.8, 4) is 0 Å². The first-order valence-corrected chi connectivity index (χ1v) is 6.98. The Labute approximate surface area is 107 Å². The molecule has 17 heavy (non-hydrogen) atoms. The highest BCUT2D eigenvalue weighted by Gasteiger charge is 2.02. The van der Waals surface area contributed by atoms with Gasteiger partial charge in [0.15, 0.2) is 0 Å². The molecule has 0 spiro atoms. The summed E-state index contributed by atoms with van der Waals surface area (Å²) >= 11 is 1.93. The number of carbonyl (C=O) groups excluding carboxylic acids is 1. The molecule has 0 saturated heterocycles. The van der Waals surface area contributed by atoms with E-state index in [1.165, 1.54) is 5.56 Å². The highest BCUT2D eigenvalue weighted by Crippen LogP contribution is 2.05. The van der Waals surface area contributed by atoms with E-state index >= 15 is 0 Å². The van der Waals surface area contributed by atoms with Crippen LogP contribution >= 0.6 is 11.8 Å². The van der Waals surface area contributed by atoms with Gasteiger partial charge in [0.05, 0.1) is 0 Å². The van der Waals surface area contributed by atoms with Crippen LogP contribution in [0, 0.1) is 0 Å². The summed E-state index contributed by atoms with van der Waals surface area (Å²) < 4.78 is 0. The number of nitrogens with two attached hydrogens (primary N) is 1. The normalized spacial score (nSPS) is 12.4. The van der Waals surface area contributed by atoms with E-state index < -0.39 is 0 Å². The van der Waals surface area contributed by atoms with Crippen LogP contribution in [-0.2, 0) is 6.54 Å². The van der Waals surface area contributed by atoms with Crippen LogP contribution < -0.4 is 11.1 Å². The minimum atomic E-state index is -0.378. The van der Waals surface area contributed by atoms with Crippen molar-refractivity contribution in [3.63, 3.8) is 0 Å². The van der Waals surface area contributed by atoms with E-state index in [2.05, 4.69) is 19.2 Å². The van der Waals surface area contributed by atoms with E-state index in [9.17, 15) is 4.79 Å². The van der Waals surface area contributed by atoms with E-state index in [0.717, 1.165) is 18.1 Å². The minimum Gasteiger partial charge on any atom is -0.366 e. The first kappa shape index (κ1) is 14.1. The van der Waals surface area contributed by atoms with Crippen molar-refractivity contribution < 1.29 is 4.79 Å². The summed E-state index contributed by atoms with van der Waals surface area (Å²) in [6.07, 6.45) is 0. The maximum absolute atomic E-state index is 10.9. The zero-order valence-corrected chi connectivity index (χ0v) is 11.2. The molecule has 0 radical (unpaired) electrons. The third-order valence-electron chi connectivity index (χ3n) is 2.47. The number of hydrogen-bond acceptors (Lipinski definition) is 3. The maximum atomic E-state index is 10.9. The molecule has 0 bridgehead atoms. The lowest BCUT2D eigenvalue weighted by Gasteiger charge is -2.13. The van der Waals surface area contributed by atoms with Gasteiger partial charge in [-0.1, -0.05) is 19.1 Å². The second-order valence-corrected chi connectivity index (χ2v) is 5.32. The molecule has 3 N–H and O–H groups in total. The summed E-state index contributed by atoms with van der Waals surface area (Å²) in [7, 11) is 0. The Kier molecular flexibility index (Phi) is 6.08. The van der Waals surface area contributed by atoms with Gasteiger partial charge in [-0.15, -0.1) is 0 Å². The molecule has 4 heteroatoms. The van der Waals surface area contributed by atoms with Crippen LogP contribution in [0.15, 0.2) is 24.3 Å². The van der Waals surface area contributed by atoms with E-state index in [4.69, 9.17) is 5.73 Å². The molecular formula is C13H20N2OS. The van der Waals surface area contributed by atoms with Crippen LogP contribution in [0.5, 0.6) is 0 Å². The van der Waals surface area contributed by atoms with E-state index in [0.29, 0.717) is 11.6 Å². The molecule has 94 valence electrons. The molecular weight excluding hydrogens is 232 g/mol. The molecule has 1 aromatic rings. The van der Waals surface area contributed by atoms with Gasteiger partial charge < -0.3 is 11.1 Å². The Hall–Kier alpha value is -1.00. The SMILES string of the molecule is CCSCC(C)NCc1ccc(C(N)=O)cc1. The molecule has 0 aromatic heterocycles. The molecule has 1 rings (SSSR count). The fraction of sp³-hybridized carbons (Fsp3) is 0.462. The van der Waals surface area contributed by atoms with E-state index in [1.54, 1.807) is 12.1 Å². The summed E-state index contributed by atoms with van der Waals surface area (Å²) in [5.41, 5.74) is 6.91. The van der Waals surface area contributed by atoms with Crippen LogP contribution in [0.25, 0.3) is 0 Å². The zero-order valence-electron chi connectivity index (χ0n) is 10.4. The number of nitrogens with one attached hydrogen (secondary N) is 1. The minimum absolute atomic E-state index is 0.378. The highest BCUT2D eigenvalue weighted by atomic mass is 32.2. The Morgan fingerprint density at radius 3 is 2.59 bits per heavy atom. The molecule has 0 aliphatic rings. The molecule has 1 unspecified atom stereocenters. The van der Waals surface area contributed by atoms with E-state index in [-0.39, 0.29) is 5.91 Å². The predicted octanol–water partition coefficient (Wildman–Crippen LogP) is 2.02. The Morgan fingerprint density at radius 1 is 1.41 bits per heavy atom. The molecule has 0 aliphatic heterocycles. The lowest BCUT2D eigenvalue weighted by Crippen LogP contribution is -2.27. The van der Waals surface area contributed by atoms with Gasteiger partial charge in [-0.25, -0.2) is 0 Å². The Bertz CT molecular complexity index is 351. The molecule has 1 atom stereocenters. The first-order valence-electron chi connectivity index (χ1n) is 5.83. The fourth-order valence-electron chi connectivity index (χ4n) is 1.43. The van der Waals surface area contributed by atoms with Crippen LogP contribution in [0.2, 0.25) is 0 Å². The topological polar surface area (TPSA) is 55.1 Å². The van der Waals surface area contributed by atoms with E-state index in [1.807, 2.05) is 23.9 Å². The molecule has 1 amide bonds. The maximum Gasteiger partial charge on any atom is 0.248 e. The number of hydrogen-bond donors (Lipinski definition) is 2. The van der Waals surface area contributed by atoms with Crippen LogP contribution in [0.1, 0.15) is 29.8 Å². The summed E-state index contributed by atoms with van der Waals surface area (Å²) in [6, 6.07) is 7.91. The fourth-order valence-corrected chi connectivity index (χ4v) is 2.14. The van der Waals surface area contributed by atoms with Crippen LogP contribution in [-0.4, -0.2) is 23.5 Å². The van der Waals surface area contributed by atoms with Crippen LogP contribution in [0.4, 0.5) is 0 Å². The van der Waals surface area contributed by atoms with Crippen molar-refractivity contribution >= 4 is 17.7 Å². The van der Waals surface area contributed by atoms with Crippen molar-refractivity contribution in [1.29, 1.82) is 0 Å². The van der Waals surface area contributed by atoms with Crippen molar-refractivity contribution in [2.45, 2.75) is 26.4 Å². The Morgan fingerprint density at radius 2 is 2.06 bits per heavy atom. The molecule has 0 aliphatic carbocycles. The van der Waals surface area contributed by atoms with Gasteiger partial charge in [0, 0.05) is 23.9 Å². The number of thioether (sulfide) groups is 1. The number of carbonyl (C=O) groups is 1. The Balaban J connectivity index is 2.39. The van der Waals surface area contributed by atoms with Gasteiger partial charge in [-0.05, 0) is 30.4 Å². The van der Waals surface area contributed by atoms with Gasteiger partial charge in [0.25, 0.3) is 0 Å². The summed E-state index contributed by atoms with van der Waals surface area (Å²) in [6.45, 7) is 5.17. The number of amides is 1. The summed E-state index contributed by atoms with van der Waals surface area (Å²) in [5.74, 6) is 1.90. The second kappa shape index (κ2) is 7.35. The molecule has 0 fully saturated rings. The summed E-state index contributed by atoms with van der Waals surface area (Å²) in [4.78, 5) is 10.9. The third-order valence-corrected chi connectivity index (χ3v) is 3.61. The average Bonchev–Trinajstić information content (AvgIpc) is 2.34. The number of rotatable bonds is 7. The molecule has 1 aromatic carbocycles. The van der Waals surface area contributed by atoms with Gasteiger partial charge in [0.2, 0.25) is 5.91 Å². The van der Waals surface area contributed by atoms with Gasteiger partial charge in [-0.3, -0.25) is 4.79 Å². The third kappa shape index (κ3) is 5.24. The van der Waals surface area contributed by atoms with Gasteiger partial charge in [0.1, 0.15) is 0 Å². The van der Waals surface area contributed by atoms with Gasteiger partial charge in [-0.2, -0.15) is 11.8 Å². The van der Waals surface area contributed by atoms with Crippen molar-refractivity contribution in [2.75, 3.05) is 11.5 Å². The summed E-state index contributed by atoms with van der Waals surface area (Å²) in [5, 5.41) is 3.45. The molecule has 0 heterocycles. The number of primary amides is 1. The van der Waals surface area contributed by atoms with Crippen molar-refractivity contribution in [2.24, 2.45) is 5.73 Å². The quantitative estimate of drug-likeness (QED) is 0.780. The van der Waals surface area contributed by atoms with Crippen molar-refractivity contribution in [3.05, 3.63) is 35.4 Å². The molecule has 0 saturated carbocycles. The van der Waals surface area contributed by atoms with Crippen LogP contribution in [0.3, 0.4) is 0 Å². The van der Waals surface area contributed by atoms with Crippen molar-refractivity contribution in [1.82, 2.24) is 5.32 Å². The standard InChI is InChI=1S/C13H20N2OS/c1-3-17-9-10(2)15-8-11-4-6-12(7-5-11)13(14)16/h4-7,10,15H,3,8-9H2,1-2H3,(H2,14,16). The monoisotopic (exact) mass is 252 g/mol. The first-order chi connectivity index (χ1) is 8.13. The smallest absolute Gasteiger partial charge is 0.248 e. The largest absolute Gasteiger partial charge is 0.366 e. The molecule has 3 nitrogen and oxygen atoms in total.